The zero-order valence-electron chi connectivity index (χ0n) is 14.3. The minimum absolute atomic E-state index is 0.0208. The molecule has 0 saturated carbocycles. The molecule has 0 atom stereocenters. The molecule has 136 valence electrons. The lowest BCUT2D eigenvalue weighted by molar-refractivity contribution is 0.102. The van der Waals surface area contributed by atoms with E-state index in [-0.39, 0.29) is 23.1 Å². The minimum Gasteiger partial charge on any atom is -0.384 e. The van der Waals surface area contributed by atoms with E-state index >= 15 is 0 Å². The Hall–Kier alpha value is -2.39. The van der Waals surface area contributed by atoms with Crippen LogP contribution in [0.3, 0.4) is 0 Å². The van der Waals surface area contributed by atoms with Crippen LogP contribution in [0, 0.1) is 5.92 Å². The highest BCUT2D eigenvalue weighted by atomic mass is 32.2. The molecule has 0 aliphatic heterocycles. The van der Waals surface area contributed by atoms with Crippen LogP contribution in [0.25, 0.3) is 10.2 Å². The molecule has 2 aromatic heterocycles. The van der Waals surface area contributed by atoms with Gasteiger partial charge in [-0.3, -0.25) is 19.1 Å². The first-order valence-electron chi connectivity index (χ1n) is 8.01. The third kappa shape index (κ3) is 3.73. The molecule has 26 heavy (non-hydrogen) atoms. The summed E-state index contributed by atoms with van der Waals surface area (Å²) in [6, 6.07) is 7.70. The van der Waals surface area contributed by atoms with E-state index in [2.05, 4.69) is 9.97 Å². The molecule has 0 aliphatic rings. The summed E-state index contributed by atoms with van der Waals surface area (Å²) < 4.78 is 3.01. The number of aromatic amines is 1. The van der Waals surface area contributed by atoms with Crippen molar-refractivity contribution in [2.24, 2.45) is 5.92 Å². The Balaban J connectivity index is 1.85. The standard InChI is InChI=1S/C17H18N4O3S2/c1-9(2)7-21-14(18)13(15(23)20-16(21)24)11(22)8-25-17-19-10-5-3-4-6-12(10)26-17/h3-6,9H,7-8,18H2,1-2H3,(H,20,23,24). The van der Waals surface area contributed by atoms with Gasteiger partial charge in [-0.1, -0.05) is 37.7 Å². The number of para-hydroxylation sites is 1. The Labute approximate surface area is 157 Å². The summed E-state index contributed by atoms with van der Waals surface area (Å²) >= 11 is 2.74. The molecule has 0 amide bonds. The van der Waals surface area contributed by atoms with E-state index in [1.807, 2.05) is 38.1 Å². The van der Waals surface area contributed by atoms with Crippen LogP contribution in [0.1, 0.15) is 24.2 Å². The molecule has 3 rings (SSSR count). The van der Waals surface area contributed by atoms with Gasteiger partial charge < -0.3 is 5.73 Å². The highest BCUT2D eigenvalue weighted by Crippen LogP contribution is 2.29. The van der Waals surface area contributed by atoms with Crippen molar-refractivity contribution in [3.8, 4) is 0 Å². The van der Waals surface area contributed by atoms with Crippen LogP contribution < -0.4 is 17.0 Å². The molecule has 0 fully saturated rings. The van der Waals surface area contributed by atoms with Crippen LogP contribution in [0.2, 0.25) is 0 Å². The van der Waals surface area contributed by atoms with E-state index < -0.39 is 17.0 Å². The van der Waals surface area contributed by atoms with Crippen LogP contribution in [-0.4, -0.2) is 26.1 Å². The number of nitrogen functional groups attached to an aromatic ring is 1. The van der Waals surface area contributed by atoms with Gasteiger partial charge in [0.2, 0.25) is 0 Å². The first-order chi connectivity index (χ1) is 12.4. The molecule has 0 spiro atoms. The predicted octanol–water partition coefficient (Wildman–Crippen LogP) is 2.36. The van der Waals surface area contributed by atoms with Crippen molar-refractivity contribution in [2.75, 3.05) is 11.5 Å². The van der Waals surface area contributed by atoms with Crippen LogP contribution >= 0.6 is 23.1 Å². The molecule has 3 aromatic rings. The highest BCUT2D eigenvalue weighted by Gasteiger charge is 2.20. The fraction of sp³-hybridized carbons (Fsp3) is 0.294. The van der Waals surface area contributed by atoms with Crippen molar-refractivity contribution in [3.63, 3.8) is 0 Å². The number of thiazole rings is 1. The lowest BCUT2D eigenvalue weighted by Gasteiger charge is -2.13. The summed E-state index contributed by atoms with van der Waals surface area (Å²) in [6.07, 6.45) is 0. The quantitative estimate of drug-likeness (QED) is 0.494. The van der Waals surface area contributed by atoms with E-state index in [1.54, 1.807) is 0 Å². The number of nitrogens with zero attached hydrogens (tertiary/aromatic N) is 2. The van der Waals surface area contributed by atoms with E-state index in [0.29, 0.717) is 6.54 Å². The molecule has 9 heteroatoms. The minimum atomic E-state index is -0.748. The van der Waals surface area contributed by atoms with Gasteiger partial charge in [-0.2, -0.15) is 0 Å². The molecular weight excluding hydrogens is 372 g/mol. The van der Waals surface area contributed by atoms with Crippen molar-refractivity contribution in [2.45, 2.75) is 24.7 Å². The number of hydrogen-bond acceptors (Lipinski definition) is 7. The van der Waals surface area contributed by atoms with Gasteiger partial charge >= 0.3 is 5.69 Å². The maximum Gasteiger partial charge on any atom is 0.329 e. The fourth-order valence-electron chi connectivity index (χ4n) is 2.52. The third-order valence-corrected chi connectivity index (χ3v) is 5.85. The number of anilines is 1. The number of benzene rings is 1. The SMILES string of the molecule is CC(C)Cn1c(N)c(C(=O)CSc2nc3ccccc3s2)c(=O)[nH]c1=O. The number of nitrogens with one attached hydrogen (secondary N) is 1. The lowest BCUT2D eigenvalue weighted by Crippen LogP contribution is -2.37. The molecule has 0 aliphatic carbocycles. The average molecular weight is 390 g/mol. The molecule has 1 aromatic carbocycles. The number of nitrogens with two attached hydrogens (primary N) is 1. The van der Waals surface area contributed by atoms with Crippen molar-refractivity contribution < 1.29 is 4.79 Å². The summed E-state index contributed by atoms with van der Waals surface area (Å²) in [5.41, 5.74) is 5.32. The summed E-state index contributed by atoms with van der Waals surface area (Å²) in [5.74, 6) is -0.346. The molecule has 2 heterocycles. The first kappa shape index (κ1) is 18.4. The van der Waals surface area contributed by atoms with Crippen molar-refractivity contribution in [3.05, 3.63) is 50.7 Å². The number of rotatable bonds is 6. The van der Waals surface area contributed by atoms with E-state index in [0.717, 1.165) is 14.6 Å². The molecule has 0 saturated heterocycles. The summed E-state index contributed by atoms with van der Waals surface area (Å²) in [6.45, 7) is 4.16. The first-order valence-corrected chi connectivity index (χ1v) is 9.81. The number of H-pyrrole nitrogens is 1. The number of carbonyl (C=O) groups excluding carboxylic acids is 1. The van der Waals surface area contributed by atoms with Crippen molar-refractivity contribution in [1.29, 1.82) is 0 Å². The van der Waals surface area contributed by atoms with E-state index in [1.165, 1.54) is 27.7 Å². The number of Topliss-reactive ketones (excluding diaryl/α,β-unsaturated/α-hetero) is 1. The van der Waals surface area contributed by atoms with Crippen LogP contribution in [-0.2, 0) is 6.54 Å². The van der Waals surface area contributed by atoms with Gasteiger partial charge in [-0.25, -0.2) is 9.78 Å². The second-order valence-corrected chi connectivity index (χ2v) is 8.44. The van der Waals surface area contributed by atoms with Crippen LogP contribution in [0.4, 0.5) is 5.82 Å². The van der Waals surface area contributed by atoms with Gasteiger partial charge in [0, 0.05) is 6.54 Å². The fourth-order valence-corrected chi connectivity index (χ4v) is 4.46. The van der Waals surface area contributed by atoms with Gasteiger partial charge in [0.1, 0.15) is 11.4 Å². The second kappa shape index (κ2) is 7.46. The van der Waals surface area contributed by atoms with Crippen LogP contribution in [0.15, 0.2) is 38.2 Å². The largest absolute Gasteiger partial charge is 0.384 e. The average Bonchev–Trinajstić information content (AvgIpc) is 2.99. The normalized spacial score (nSPS) is 11.3. The van der Waals surface area contributed by atoms with Gasteiger partial charge in [0.25, 0.3) is 5.56 Å². The number of ketones is 1. The van der Waals surface area contributed by atoms with Crippen molar-refractivity contribution in [1.82, 2.24) is 14.5 Å². The number of carbonyl (C=O) groups is 1. The number of thioether (sulfide) groups is 1. The second-order valence-electron chi connectivity index (χ2n) is 6.18. The smallest absolute Gasteiger partial charge is 0.329 e. The zero-order valence-corrected chi connectivity index (χ0v) is 15.9. The maximum atomic E-state index is 12.6. The predicted molar refractivity (Wildman–Crippen MR) is 105 cm³/mol. The third-order valence-electron chi connectivity index (χ3n) is 3.67. The maximum absolute atomic E-state index is 12.6. The van der Waals surface area contributed by atoms with E-state index in [4.69, 9.17) is 5.73 Å². The topological polar surface area (TPSA) is 111 Å². The molecule has 3 N–H and O–H groups in total. The monoisotopic (exact) mass is 390 g/mol. The Kier molecular flexibility index (Phi) is 5.28. The number of aromatic nitrogens is 3. The Bertz CT molecular complexity index is 1050. The summed E-state index contributed by atoms with van der Waals surface area (Å²) in [7, 11) is 0. The van der Waals surface area contributed by atoms with Gasteiger partial charge in [-0.05, 0) is 18.1 Å². The molecule has 7 nitrogen and oxygen atoms in total. The Morgan fingerprint density at radius 1 is 1.35 bits per heavy atom. The summed E-state index contributed by atoms with van der Waals surface area (Å²) in [4.78, 5) is 43.3. The molecule has 0 bridgehead atoms. The summed E-state index contributed by atoms with van der Waals surface area (Å²) in [5, 5.41) is 0. The lowest BCUT2D eigenvalue weighted by atomic mass is 10.2. The number of hydrogen-bond donors (Lipinski definition) is 2. The molecule has 0 unspecified atom stereocenters. The molecular formula is C17H18N4O3S2. The van der Waals surface area contributed by atoms with Gasteiger partial charge in [0.15, 0.2) is 10.1 Å². The Morgan fingerprint density at radius 2 is 2.08 bits per heavy atom. The van der Waals surface area contributed by atoms with Gasteiger partial charge in [-0.15, -0.1) is 11.3 Å². The highest BCUT2D eigenvalue weighted by molar-refractivity contribution is 8.01. The number of fused-ring (bicyclic) bond motifs is 1. The molecule has 0 radical (unpaired) electrons. The zero-order chi connectivity index (χ0) is 18.8. The van der Waals surface area contributed by atoms with Gasteiger partial charge in [0.05, 0.1) is 16.0 Å². The van der Waals surface area contributed by atoms with E-state index in [9.17, 15) is 14.4 Å². The Morgan fingerprint density at radius 3 is 2.77 bits per heavy atom. The van der Waals surface area contributed by atoms with Crippen molar-refractivity contribution >= 4 is 44.9 Å². The van der Waals surface area contributed by atoms with Crippen LogP contribution in [0.5, 0.6) is 0 Å².